The average Bonchev–Trinajstić information content (AvgIpc) is 3.45. The predicted octanol–water partition coefficient (Wildman–Crippen LogP) is 11.5. The van der Waals surface area contributed by atoms with E-state index in [4.69, 9.17) is 4.42 Å². The SMILES string of the molecule is c1ccc(-c2cccc(N(c3ccccc3)c3ccc4c(c3)oc3c(-c5ccccc5)cc5ccccc5c34)c2)cc1. The van der Waals surface area contributed by atoms with E-state index in [2.05, 4.69) is 169 Å². The molecule has 0 fully saturated rings. The Hall–Kier alpha value is -5.60. The van der Waals surface area contributed by atoms with Gasteiger partial charge in [0.15, 0.2) is 0 Å². The van der Waals surface area contributed by atoms with Gasteiger partial charge in [-0.3, -0.25) is 0 Å². The monoisotopic (exact) mass is 537 g/mol. The Morgan fingerprint density at radius 1 is 0.405 bits per heavy atom. The minimum absolute atomic E-state index is 0.871. The third-order valence-electron chi connectivity index (χ3n) is 8.02. The average molecular weight is 538 g/mol. The third-order valence-corrected chi connectivity index (χ3v) is 8.02. The van der Waals surface area contributed by atoms with E-state index >= 15 is 0 Å². The van der Waals surface area contributed by atoms with Crippen LogP contribution in [0.15, 0.2) is 168 Å². The van der Waals surface area contributed by atoms with Crippen LogP contribution in [0.5, 0.6) is 0 Å². The molecule has 0 aliphatic rings. The lowest BCUT2D eigenvalue weighted by atomic mass is 9.96. The lowest BCUT2D eigenvalue weighted by molar-refractivity contribution is 0.670. The Morgan fingerprint density at radius 2 is 1.02 bits per heavy atom. The number of fused-ring (bicyclic) bond motifs is 5. The summed E-state index contributed by atoms with van der Waals surface area (Å²) < 4.78 is 6.78. The number of hydrogen-bond donors (Lipinski definition) is 0. The van der Waals surface area contributed by atoms with Crippen molar-refractivity contribution >= 4 is 49.8 Å². The number of hydrogen-bond acceptors (Lipinski definition) is 2. The van der Waals surface area contributed by atoms with Gasteiger partial charge in [-0.05, 0) is 69.9 Å². The molecule has 0 saturated heterocycles. The molecule has 0 atom stereocenters. The maximum absolute atomic E-state index is 6.78. The van der Waals surface area contributed by atoms with Crippen molar-refractivity contribution < 1.29 is 4.42 Å². The molecule has 7 aromatic carbocycles. The highest BCUT2D eigenvalue weighted by molar-refractivity contribution is 6.22. The van der Waals surface area contributed by atoms with Gasteiger partial charge in [-0.15, -0.1) is 0 Å². The van der Waals surface area contributed by atoms with Crippen molar-refractivity contribution in [3.63, 3.8) is 0 Å². The molecule has 0 saturated carbocycles. The molecule has 2 heteroatoms. The van der Waals surface area contributed by atoms with Crippen LogP contribution in [0.1, 0.15) is 0 Å². The number of benzene rings is 7. The molecule has 8 rings (SSSR count). The summed E-state index contributed by atoms with van der Waals surface area (Å²) in [5.41, 5.74) is 9.65. The van der Waals surface area contributed by atoms with Crippen LogP contribution >= 0.6 is 0 Å². The first-order valence-corrected chi connectivity index (χ1v) is 14.3. The zero-order chi connectivity index (χ0) is 27.9. The van der Waals surface area contributed by atoms with Crippen LogP contribution in [0.3, 0.4) is 0 Å². The number of furan rings is 1. The first kappa shape index (κ1) is 24.2. The first-order chi connectivity index (χ1) is 20.8. The maximum Gasteiger partial charge on any atom is 0.143 e. The molecule has 2 nitrogen and oxygen atoms in total. The second kappa shape index (κ2) is 10.1. The van der Waals surface area contributed by atoms with E-state index in [-0.39, 0.29) is 0 Å². The van der Waals surface area contributed by atoms with Crippen LogP contribution in [-0.4, -0.2) is 0 Å². The predicted molar refractivity (Wildman–Crippen MR) is 177 cm³/mol. The van der Waals surface area contributed by atoms with Crippen LogP contribution in [-0.2, 0) is 0 Å². The molecule has 8 aromatic rings. The fourth-order valence-corrected chi connectivity index (χ4v) is 6.06. The Bertz CT molecular complexity index is 2180. The number of anilines is 3. The van der Waals surface area contributed by atoms with Crippen LogP contribution in [0.25, 0.3) is 55.0 Å². The van der Waals surface area contributed by atoms with E-state index in [0.717, 1.165) is 50.1 Å². The summed E-state index contributed by atoms with van der Waals surface area (Å²) in [5.74, 6) is 0. The smallest absolute Gasteiger partial charge is 0.143 e. The van der Waals surface area contributed by atoms with Gasteiger partial charge in [-0.1, -0.05) is 115 Å². The van der Waals surface area contributed by atoms with Crippen molar-refractivity contribution in [2.45, 2.75) is 0 Å². The van der Waals surface area contributed by atoms with E-state index in [1.807, 2.05) is 0 Å². The third kappa shape index (κ3) is 4.13. The topological polar surface area (TPSA) is 16.4 Å². The molecule has 0 bridgehead atoms. The van der Waals surface area contributed by atoms with E-state index < -0.39 is 0 Å². The number of para-hydroxylation sites is 1. The lowest BCUT2D eigenvalue weighted by Gasteiger charge is -2.26. The van der Waals surface area contributed by atoms with Crippen molar-refractivity contribution in [3.05, 3.63) is 164 Å². The highest BCUT2D eigenvalue weighted by atomic mass is 16.3. The van der Waals surface area contributed by atoms with Crippen LogP contribution in [0, 0.1) is 0 Å². The molecule has 0 radical (unpaired) electrons. The van der Waals surface area contributed by atoms with Gasteiger partial charge in [0.2, 0.25) is 0 Å². The summed E-state index contributed by atoms with van der Waals surface area (Å²) in [4.78, 5) is 2.30. The molecule has 0 unspecified atom stereocenters. The van der Waals surface area contributed by atoms with Crippen molar-refractivity contribution in [1.82, 2.24) is 0 Å². The summed E-state index contributed by atoms with van der Waals surface area (Å²) in [6.07, 6.45) is 0. The molecule has 0 aliphatic heterocycles. The van der Waals surface area contributed by atoms with Gasteiger partial charge in [-0.2, -0.15) is 0 Å². The van der Waals surface area contributed by atoms with Gasteiger partial charge < -0.3 is 9.32 Å². The Balaban J connectivity index is 1.35. The highest BCUT2D eigenvalue weighted by Crippen LogP contribution is 2.43. The standard InChI is InChI=1S/C40H27NO/c1-4-13-28(14-5-1)30-18-12-21-33(25-30)41(32-19-8-3-9-20-32)34-23-24-36-38(27-34)42-40-37(29-15-6-2-7-16-29)26-31-17-10-11-22-35(31)39(36)40/h1-27H. The quantitative estimate of drug-likeness (QED) is 0.217. The summed E-state index contributed by atoms with van der Waals surface area (Å²) in [5, 5.41) is 4.69. The van der Waals surface area contributed by atoms with Gasteiger partial charge in [-0.25, -0.2) is 0 Å². The second-order valence-electron chi connectivity index (χ2n) is 10.6. The zero-order valence-corrected chi connectivity index (χ0v) is 22.9. The molecular formula is C40H27NO. The normalized spacial score (nSPS) is 11.3. The minimum atomic E-state index is 0.871. The Morgan fingerprint density at radius 3 is 1.81 bits per heavy atom. The Kier molecular flexibility index (Phi) is 5.82. The molecule has 0 aliphatic carbocycles. The van der Waals surface area contributed by atoms with Gasteiger partial charge in [0, 0.05) is 39.5 Å². The van der Waals surface area contributed by atoms with Crippen LogP contribution in [0.2, 0.25) is 0 Å². The molecule has 1 heterocycles. The van der Waals surface area contributed by atoms with Gasteiger partial charge in [0.05, 0.1) is 0 Å². The lowest BCUT2D eigenvalue weighted by Crippen LogP contribution is -2.09. The van der Waals surface area contributed by atoms with E-state index in [9.17, 15) is 0 Å². The molecule has 0 spiro atoms. The van der Waals surface area contributed by atoms with Crippen molar-refractivity contribution in [2.24, 2.45) is 0 Å². The molecule has 0 amide bonds. The number of rotatable bonds is 5. The van der Waals surface area contributed by atoms with Crippen molar-refractivity contribution in [1.29, 1.82) is 0 Å². The molecule has 0 N–H and O–H groups in total. The van der Waals surface area contributed by atoms with Crippen LogP contribution < -0.4 is 4.90 Å². The van der Waals surface area contributed by atoms with Gasteiger partial charge in [0.1, 0.15) is 11.2 Å². The summed E-state index contributed by atoms with van der Waals surface area (Å²) in [6, 6.07) is 57.8. The molecule has 1 aromatic heterocycles. The zero-order valence-electron chi connectivity index (χ0n) is 22.9. The number of nitrogens with zero attached hydrogens (tertiary/aromatic N) is 1. The summed E-state index contributed by atoms with van der Waals surface area (Å²) in [6.45, 7) is 0. The van der Waals surface area contributed by atoms with Crippen LogP contribution in [0.4, 0.5) is 17.1 Å². The highest BCUT2D eigenvalue weighted by Gasteiger charge is 2.19. The largest absolute Gasteiger partial charge is 0.455 e. The molecule has 42 heavy (non-hydrogen) atoms. The van der Waals surface area contributed by atoms with E-state index in [1.54, 1.807) is 0 Å². The fourth-order valence-electron chi connectivity index (χ4n) is 6.06. The van der Waals surface area contributed by atoms with E-state index in [0.29, 0.717) is 0 Å². The van der Waals surface area contributed by atoms with Gasteiger partial charge in [0.25, 0.3) is 0 Å². The second-order valence-corrected chi connectivity index (χ2v) is 10.6. The fraction of sp³-hybridized carbons (Fsp3) is 0. The maximum atomic E-state index is 6.78. The summed E-state index contributed by atoms with van der Waals surface area (Å²) in [7, 11) is 0. The summed E-state index contributed by atoms with van der Waals surface area (Å²) >= 11 is 0. The minimum Gasteiger partial charge on any atom is -0.455 e. The Labute approximate surface area is 244 Å². The van der Waals surface area contributed by atoms with Gasteiger partial charge >= 0.3 is 0 Å². The van der Waals surface area contributed by atoms with E-state index in [1.165, 1.54) is 21.9 Å². The molecular weight excluding hydrogens is 510 g/mol. The first-order valence-electron chi connectivity index (χ1n) is 14.3. The van der Waals surface area contributed by atoms with Crippen molar-refractivity contribution in [3.8, 4) is 22.3 Å². The molecule has 198 valence electrons. The van der Waals surface area contributed by atoms with Crippen molar-refractivity contribution in [2.75, 3.05) is 4.90 Å².